The molecule has 1 fully saturated rings. The molecule has 0 bridgehead atoms. The predicted octanol–water partition coefficient (Wildman–Crippen LogP) is -0.291. The predicted molar refractivity (Wildman–Crippen MR) is 50.1 cm³/mol. The van der Waals surface area contributed by atoms with E-state index >= 15 is 0 Å². The third-order valence-electron chi connectivity index (χ3n) is 2.38. The summed E-state index contributed by atoms with van der Waals surface area (Å²) in [5.41, 5.74) is 5.44. The molecule has 4 nitrogen and oxygen atoms in total. The third kappa shape index (κ3) is 2.97. The Morgan fingerprint density at radius 1 is 1.38 bits per heavy atom. The SMILES string of the molecule is NC1CN(CCCCCCO)C1=O. The quantitative estimate of drug-likeness (QED) is 0.442. The Bertz CT molecular complexity index is 173. The summed E-state index contributed by atoms with van der Waals surface area (Å²) in [6, 6.07) is -0.238. The van der Waals surface area contributed by atoms with E-state index in [0.29, 0.717) is 0 Å². The summed E-state index contributed by atoms with van der Waals surface area (Å²) in [5, 5.41) is 8.53. The van der Waals surface area contributed by atoms with Crippen LogP contribution >= 0.6 is 0 Å². The lowest BCUT2D eigenvalue weighted by molar-refractivity contribution is -0.142. The molecule has 0 aromatic carbocycles. The topological polar surface area (TPSA) is 66.6 Å². The second-order valence-electron chi connectivity index (χ2n) is 3.53. The van der Waals surface area contributed by atoms with E-state index in [0.717, 1.165) is 38.8 Å². The molecule has 1 saturated heterocycles. The first-order valence-corrected chi connectivity index (χ1v) is 4.91. The number of carbonyl (C=O) groups excluding carboxylic acids is 1. The molecule has 4 heteroatoms. The molecule has 0 radical (unpaired) electrons. The molecule has 0 aromatic rings. The average Bonchev–Trinajstić information content (AvgIpc) is 2.15. The number of hydrogen-bond acceptors (Lipinski definition) is 3. The van der Waals surface area contributed by atoms with E-state index in [1.165, 1.54) is 0 Å². The molecule has 1 rings (SSSR count). The third-order valence-corrected chi connectivity index (χ3v) is 2.38. The highest BCUT2D eigenvalue weighted by atomic mass is 16.2. The van der Waals surface area contributed by atoms with Gasteiger partial charge in [0, 0.05) is 19.7 Å². The Morgan fingerprint density at radius 3 is 2.62 bits per heavy atom. The van der Waals surface area contributed by atoms with Gasteiger partial charge in [-0.3, -0.25) is 4.79 Å². The van der Waals surface area contributed by atoms with Crippen LogP contribution in [0.15, 0.2) is 0 Å². The van der Waals surface area contributed by atoms with E-state index < -0.39 is 0 Å². The van der Waals surface area contributed by atoms with Crippen molar-refractivity contribution >= 4 is 5.91 Å². The largest absolute Gasteiger partial charge is 0.396 e. The van der Waals surface area contributed by atoms with Crippen LogP contribution in [-0.4, -0.2) is 41.7 Å². The summed E-state index contributed by atoms with van der Waals surface area (Å²) in [6.07, 6.45) is 4.02. The fourth-order valence-corrected chi connectivity index (χ4v) is 1.50. The van der Waals surface area contributed by atoms with Gasteiger partial charge in [-0.15, -0.1) is 0 Å². The Kier molecular flexibility index (Phi) is 4.18. The number of nitrogens with two attached hydrogens (primary N) is 1. The van der Waals surface area contributed by atoms with Crippen molar-refractivity contribution in [1.82, 2.24) is 4.90 Å². The van der Waals surface area contributed by atoms with Crippen LogP contribution in [0.3, 0.4) is 0 Å². The number of aliphatic hydroxyl groups is 1. The normalized spacial score (nSPS) is 21.8. The lowest BCUT2D eigenvalue weighted by atomic mass is 10.1. The molecule has 0 aromatic heterocycles. The lowest BCUT2D eigenvalue weighted by Crippen LogP contribution is -2.60. The van der Waals surface area contributed by atoms with Crippen LogP contribution in [0.25, 0.3) is 0 Å². The van der Waals surface area contributed by atoms with Gasteiger partial charge < -0.3 is 15.7 Å². The zero-order chi connectivity index (χ0) is 9.68. The van der Waals surface area contributed by atoms with E-state index in [4.69, 9.17) is 10.8 Å². The average molecular weight is 186 g/mol. The van der Waals surface area contributed by atoms with Gasteiger partial charge in [0.15, 0.2) is 0 Å². The van der Waals surface area contributed by atoms with Crippen molar-refractivity contribution in [3.05, 3.63) is 0 Å². The Morgan fingerprint density at radius 2 is 2.08 bits per heavy atom. The molecule has 1 unspecified atom stereocenters. The van der Waals surface area contributed by atoms with Gasteiger partial charge >= 0.3 is 0 Å². The molecule has 1 heterocycles. The van der Waals surface area contributed by atoms with Crippen molar-refractivity contribution in [3.8, 4) is 0 Å². The number of unbranched alkanes of at least 4 members (excludes halogenated alkanes) is 3. The fourth-order valence-electron chi connectivity index (χ4n) is 1.50. The number of aliphatic hydroxyl groups excluding tert-OH is 1. The summed E-state index contributed by atoms with van der Waals surface area (Å²) in [6.45, 7) is 1.82. The molecule has 0 aliphatic carbocycles. The summed E-state index contributed by atoms with van der Waals surface area (Å²) >= 11 is 0. The van der Waals surface area contributed by atoms with Gasteiger partial charge in [-0.2, -0.15) is 0 Å². The summed E-state index contributed by atoms with van der Waals surface area (Å²) in [4.78, 5) is 12.8. The highest BCUT2D eigenvalue weighted by Gasteiger charge is 2.32. The van der Waals surface area contributed by atoms with E-state index in [1.54, 1.807) is 4.90 Å². The first kappa shape index (κ1) is 10.5. The van der Waals surface area contributed by atoms with E-state index in [-0.39, 0.29) is 18.6 Å². The van der Waals surface area contributed by atoms with E-state index in [9.17, 15) is 4.79 Å². The molecular weight excluding hydrogens is 168 g/mol. The van der Waals surface area contributed by atoms with Gasteiger partial charge in [0.2, 0.25) is 5.91 Å². The molecule has 76 valence electrons. The summed E-state index contributed by atoms with van der Waals surface area (Å²) < 4.78 is 0. The highest BCUT2D eigenvalue weighted by Crippen LogP contribution is 2.10. The maximum Gasteiger partial charge on any atom is 0.241 e. The summed E-state index contributed by atoms with van der Waals surface area (Å²) in [7, 11) is 0. The molecular formula is C9H18N2O2. The summed E-state index contributed by atoms with van der Waals surface area (Å²) in [5.74, 6) is 0.0853. The van der Waals surface area contributed by atoms with E-state index in [1.807, 2.05) is 0 Å². The van der Waals surface area contributed by atoms with E-state index in [2.05, 4.69) is 0 Å². The Labute approximate surface area is 78.7 Å². The van der Waals surface area contributed by atoms with Crippen molar-refractivity contribution in [1.29, 1.82) is 0 Å². The van der Waals surface area contributed by atoms with Crippen molar-refractivity contribution in [3.63, 3.8) is 0 Å². The van der Waals surface area contributed by atoms with Gasteiger partial charge in [0.25, 0.3) is 0 Å². The van der Waals surface area contributed by atoms with Crippen molar-refractivity contribution in [2.24, 2.45) is 5.73 Å². The molecule has 0 saturated carbocycles. The second-order valence-corrected chi connectivity index (χ2v) is 3.53. The van der Waals surface area contributed by atoms with Crippen LogP contribution in [0.2, 0.25) is 0 Å². The second kappa shape index (κ2) is 5.19. The highest BCUT2D eigenvalue weighted by molar-refractivity contribution is 5.87. The van der Waals surface area contributed by atoms with Gasteiger partial charge in [0.1, 0.15) is 6.04 Å². The molecule has 1 aliphatic heterocycles. The van der Waals surface area contributed by atoms with Crippen molar-refractivity contribution in [2.45, 2.75) is 31.7 Å². The van der Waals surface area contributed by atoms with Crippen LogP contribution in [-0.2, 0) is 4.79 Å². The number of nitrogens with zero attached hydrogens (tertiary/aromatic N) is 1. The zero-order valence-electron chi connectivity index (χ0n) is 7.91. The van der Waals surface area contributed by atoms with Gasteiger partial charge in [-0.25, -0.2) is 0 Å². The lowest BCUT2D eigenvalue weighted by Gasteiger charge is -2.36. The van der Waals surface area contributed by atoms with Gasteiger partial charge in [-0.05, 0) is 12.8 Å². The fraction of sp³-hybridized carbons (Fsp3) is 0.889. The number of rotatable bonds is 6. The maximum atomic E-state index is 11.0. The Balaban J connectivity index is 1.92. The molecule has 1 amide bonds. The van der Waals surface area contributed by atoms with Gasteiger partial charge in [0.05, 0.1) is 0 Å². The smallest absolute Gasteiger partial charge is 0.241 e. The van der Waals surface area contributed by atoms with Gasteiger partial charge in [-0.1, -0.05) is 12.8 Å². The van der Waals surface area contributed by atoms with Crippen molar-refractivity contribution < 1.29 is 9.90 Å². The standard InChI is InChI=1S/C9H18N2O2/c10-8-7-11(9(8)13)5-3-1-2-4-6-12/h8,12H,1-7,10H2. The van der Waals surface area contributed by atoms with Crippen LogP contribution in [0, 0.1) is 0 Å². The first-order chi connectivity index (χ1) is 6.25. The van der Waals surface area contributed by atoms with Crippen LogP contribution in [0.1, 0.15) is 25.7 Å². The maximum absolute atomic E-state index is 11.0. The van der Waals surface area contributed by atoms with Crippen LogP contribution in [0.4, 0.5) is 0 Å². The molecule has 1 atom stereocenters. The minimum absolute atomic E-state index is 0.0853. The minimum atomic E-state index is -0.238. The van der Waals surface area contributed by atoms with Crippen LogP contribution < -0.4 is 5.73 Å². The van der Waals surface area contributed by atoms with Crippen LogP contribution in [0.5, 0.6) is 0 Å². The Hall–Kier alpha value is -0.610. The number of hydrogen-bond donors (Lipinski definition) is 2. The minimum Gasteiger partial charge on any atom is -0.396 e. The molecule has 0 spiro atoms. The van der Waals surface area contributed by atoms with Crippen molar-refractivity contribution in [2.75, 3.05) is 19.7 Å². The monoisotopic (exact) mass is 186 g/mol. The molecule has 13 heavy (non-hydrogen) atoms. The zero-order valence-corrected chi connectivity index (χ0v) is 7.91. The number of amides is 1. The molecule has 1 aliphatic rings. The number of β-lactam (4-membered cyclic amide) rings is 1. The number of carbonyl (C=O) groups is 1. The first-order valence-electron chi connectivity index (χ1n) is 4.91. The number of likely N-dealkylation sites (tertiary alicyclic amines) is 1. The molecule has 3 N–H and O–H groups in total.